The van der Waals surface area contributed by atoms with E-state index in [1.54, 1.807) is 0 Å². The van der Waals surface area contributed by atoms with Gasteiger partial charge in [0.05, 0.1) is 0 Å². The second kappa shape index (κ2) is 0.201. The van der Waals surface area contributed by atoms with Gasteiger partial charge in [-0.3, -0.25) is 0 Å². The van der Waals surface area contributed by atoms with Gasteiger partial charge in [-0.1, -0.05) is 0 Å². The van der Waals surface area contributed by atoms with Crippen molar-refractivity contribution in [2.24, 2.45) is 10.9 Å². The van der Waals surface area contributed by atoms with Crippen molar-refractivity contribution in [1.29, 1.82) is 0 Å². The maximum Gasteiger partial charge on any atom is 0.351 e. The average Bonchev–Trinajstić information content (AvgIpc) is 1.75. The van der Waals surface area contributed by atoms with Crippen LogP contribution in [0.4, 0.5) is 0 Å². The number of hydrogen-bond donors (Lipinski definition) is 1. The van der Waals surface area contributed by atoms with Crippen LogP contribution in [-0.4, -0.2) is 6.02 Å². The Morgan fingerprint density at radius 3 is 2.25 bits per heavy atom. The lowest BCUT2D eigenvalue weighted by Crippen LogP contribution is -1.93. The van der Waals surface area contributed by atoms with Crippen LogP contribution in [0.25, 0.3) is 0 Å². The summed E-state index contributed by atoms with van der Waals surface area (Å²) in [7, 11) is 0. The fraction of sp³-hybridized carbons (Fsp3) is 0. The van der Waals surface area contributed by atoms with Gasteiger partial charge < -0.3 is 10.6 Å². The Morgan fingerprint density at radius 1 is 2.00 bits per heavy atom. The van der Waals surface area contributed by atoms with Gasteiger partial charge >= 0.3 is 6.02 Å². The van der Waals surface area contributed by atoms with Crippen molar-refractivity contribution in [3.05, 3.63) is 0 Å². The minimum absolute atomic E-state index is 0.292. The molecular weight excluding hydrogens is 56.0 g/mol. The summed E-state index contributed by atoms with van der Waals surface area (Å²) >= 11 is 0. The number of nitrogens with two attached hydrogens (primary N) is 1. The molecule has 0 fully saturated rings. The van der Waals surface area contributed by atoms with E-state index in [4.69, 9.17) is 5.73 Å². The SMILES string of the molecule is NC1=NO1. The molecule has 3 nitrogen and oxygen atoms in total. The zero-order chi connectivity index (χ0) is 2.99. The van der Waals surface area contributed by atoms with Gasteiger partial charge in [-0.15, -0.1) is 0 Å². The quantitative estimate of drug-likeness (QED) is 0.398. The smallest absolute Gasteiger partial charge is 0.349 e. The Kier molecular flexibility index (Phi) is 0.0791. The van der Waals surface area contributed by atoms with Crippen LogP contribution in [0.3, 0.4) is 0 Å². The van der Waals surface area contributed by atoms with Gasteiger partial charge in [0.1, 0.15) is 0 Å². The maximum absolute atomic E-state index is 4.75. The van der Waals surface area contributed by atoms with Crippen molar-refractivity contribution in [2.75, 3.05) is 0 Å². The highest BCUT2D eigenvalue weighted by molar-refractivity contribution is 5.78. The van der Waals surface area contributed by atoms with Gasteiger partial charge in [0, 0.05) is 0 Å². The first-order valence-corrected chi connectivity index (χ1v) is 0.899. The Labute approximate surface area is 23.0 Å². The topological polar surface area (TPSA) is 50.9 Å². The lowest BCUT2D eigenvalue weighted by molar-refractivity contribution is 0.466. The van der Waals surface area contributed by atoms with Crippen molar-refractivity contribution in [3.8, 4) is 0 Å². The maximum atomic E-state index is 4.75. The highest BCUT2D eigenvalue weighted by Crippen LogP contribution is 1.87. The summed E-state index contributed by atoms with van der Waals surface area (Å²) in [5, 5.41) is 3.10. The van der Waals surface area contributed by atoms with E-state index in [0.717, 1.165) is 0 Å². The highest BCUT2D eigenvalue weighted by atomic mass is 16.7. The summed E-state index contributed by atoms with van der Waals surface area (Å²) in [6.07, 6.45) is 0. The second-order valence-electron chi connectivity index (χ2n) is 0.521. The van der Waals surface area contributed by atoms with Gasteiger partial charge in [-0.25, -0.2) is 0 Å². The third kappa shape index (κ3) is 0.0180. The van der Waals surface area contributed by atoms with Crippen LogP contribution >= 0.6 is 0 Å². The normalized spacial score (nSPS) is 17.5. The molecule has 4 heavy (non-hydrogen) atoms. The van der Waals surface area contributed by atoms with Crippen LogP contribution in [0.5, 0.6) is 0 Å². The van der Waals surface area contributed by atoms with E-state index in [1.165, 1.54) is 0 Å². The predicted molar refractivity (Wildman–Crippen MR) is 12.7 cm³/mol. The van der Waals surface area contributed by atoms with E-state index in [9.17, 15) is 0 Å². The van der Waals surface area contributed by atoms with Crippen molar-refractivity contribution in [2.45, 2.75) is 0 Å². The minimum atomic E-state index is 0.292. The summed E-state index contributed by atoms with van der Waals surface area (Å²) in [6, 6.07) is 0.292. The van der Waals surface area contributed by atoms with Crippen molar-refractivity contribution < 1.29 is 4.84 Å². The standard InChI is InChI=1S/CH2N2O/c2-1-3-4-1/h(H2,2,3). The molecule has 0 amide bonds. The minimum Gasteiger partial charge on any atom is -0.349 e. The van der Waals surface area contributed by atoms with Gasteiger partial charge in [-0.05, 0) is 5.16 Å². The lowest BCUT2D eigenvalue weighted by Gasteiger charge is -1.46. The number of hydrogen-bond acceptors (Lipinski definition) is 3. The van der Waals surface area contributed by atoms with Crippen molar-refractivity contribution in [1.82, 2.24) is 0 Å². The molecule has 0 aromatic rings. The molecule has 0 saturated carbocycles. The van der Waals surface area contributed by atoms with Crippen molar-refractivity contribution in [3.63, 3.8) is 0 Å². The van der Waals surface area contributed by atoms with Crippen LogP contribution in [-0.2, 0) is 4.84 Å². The van der Waals surface area contributed by atoms with Gasteiger partial charge in [0.2, 0.25) is 0 Å². The van der Waals surface area contributed by atoms with Crippen molar-refractivity contribution >= 4 is 6.02 Å². The molecule has 1 aliphatic rings. The van der Waals surface area contributed by atoms with Crippen LogP contribution in [0.2, 0.25) is 0 Å². The molecule has 3 heteroatoms. The van der Waals surface area contributed by atoms with E-state index >= 15 is 0 Å². The summed E-state index contributed by atoms with van der Waals surface area (Å²) in [4.78, 5) is 4.03. The zero-order valence-electron chi connectivity index (χ0n) is 1.93. The molecule has 22 valence electrons. The lowest BCUT2D eigenvalue weighted by atomic mass is 11.3. The van der Waals surface area contributed by atoms with E-state index in [1.807, 2.05) is 0 Å². The molecule has 0 aromatic heterocycles. The molecule has 0 bridgehead atoms. The molecule has 0 aromatic carbocycles. The predicted octanol–water partition coefficient (Wildman–Crippen LogP) is -0.754. The molecule has 0 saturated heterocycles. The first-order chi connectivity index (χ1) is 1.89. The summed E-state index contributed by atoms with van der Waals surface area (Å²) in [5.74, 6) is 0. The fourth-order valence-corrected chi connectivity index (χ4v) is 0.0264. The fourth-order valence-electron chi connectivity index (χ4n) is 0.0264. The third-order valence-corrected chi connectivity index (χ3v) is 0.197. The van der Waals surface area contributed by atoms with Crippen LogP contribution < -0.4 is 5.73 Å². The molecule has 1 aliphatic heterocycles. The molecular formula is CH2N2O. The van der Waals surface area contributed by atoms with E-state index in [0.29, 0.717) is 6.02 Å². The van der Waals surface area contributed by atoms with E-state index < -0.39 is 0 Å². The molecule has 0 atom stereocenters. The molecule has 0 aliphatic carbocycles. The Morgan fingerprint density at radius 2 is 2.25 bits per heavy atom. The Hall–Kier alpha value is -0.730. The van der Waals surface area contributed by atoms with Gasteiger partial charge in [0.25, 0.3) is 0 Å². The van der Waals surface area contributed by atoms with E-state index in [2.05, 4.69) is 9.99 Å². The number of amidine groups is 1. The van der Waals surface area contributed by atoms with E-state index in [-0.39, 0.29) is 0 Å². The summed E-state index contributed by atoms with van der Waals surface area (Å²) in [6.45, 7) is 0. The molecule has 2 N–H and O–H groups in total. The number of nitrogens with zero attached hydrogens (tertiary/aromatic N) is 1. The Balaban J connectivity index is 2.54. The monoisotopic (exact) mass is 58.0 g/mol. The van der Waals surface area contributed by atoms with Gasteiger partial charge in [-0.2, -0.15) is 0 Å². The number of rotatable bonds is 0. The first-order valence-electron chi connectivity index (χ1n) is 0.899. The van der Waals surface area contributed by atoms with Crippen LogP contribution in [0.15, 0.2) is 5.16 Å². The van der Waals surface area contributed by atoms with Crippen LogP contribution in [0, 0.1) is 0 Å². The molecule has 0 radical (unpaired) electrons. The Bertz CT molecular complexity index is 57.1. The summed E-state index contributed by atoms with van der Waals surface area (Å²) in [5.41, 5.74) is 4.75. The molecule has 0 unspecified atom stereocenters. The number of oxime groups is 1. The molecule has 1 rings (SSSR count). The largest absolute Gasteiger partial charge is 0.351 e. The second-order valence-corrected chi connectivity index (χ2v) is 0.521. The average molecular weight is 58.0 g/mol. The summed E-state index contributed by atoms with van der Waals surface area (Å²) < 4.78 is 0. The molecule has 0 spiro atoms. The van der Waals surface area contributed by atoms with Gasteiger partial charge in [0.15, 0.2) is 0 Å². The third-order valence-electron chi connectivity index (χ3n) is 0.197. The first kappa shape index (κ1) is 1.58. The zero-order valence-corrected chi connectivity index (χ0v) is 1.93. The molecule has 1 heterocycles. The van der Waals surface area contributed by atoms with Crippen LogP contribution in [0.1, 0.15) is 0 Å². The highest BCUT2D eigenvalue weighted by Gasteiger charge is 2.01.